The van der Waals surface area contributed by atoms with Gasteiger partial charge in [0.25, 0.3) is 5.88 Å². The molecule has 0 spiro atoms. The molecule has 0 unspecified atom stereocenters. The normalized spacial score (nSPS) is 17.2. The molecule has 2 saturated heterocycles. The summed E-state index contributed by atoms with van der Waals surface area (Å²) in [5, 5.41) is 10.0. The third-order valence-electron chi connectivity index (χ3n) is 7.49. The fourth-order valence-corrected chi connectivity index (χ4v) is 5.72. The van der Waals surface area contributed by atoms with E-state index in [1.165, 1.54) is 0 Å². The summed E-state index contributed by atoms with van der Waals surface area (Å²) in [7, 11) is 2.10. The van der Waals surface area contributed by atoms with Crippen molar-refractivity contribution >= 4 is 35.0 Å². The highest BCUT2D eigenvalue weighted by molar-refractivity contribution is 6.35. The van der Waals surface area contributed by atoms with Crippen LogP contribution in [0.1, 0.15) is 24.8 Å². The molecule has 2 aliphatic heterocycles. The molecular formula is C29H32Cl2FN5O3. The number of likely N-dealkylation sites (tertiary alicyclic amines) is 1. The second-order valence-corrected chi connectivity index (χ2v) is 11.4. The number of halogens is 3. The van der Waals surface area contributed by atoms with E-state index in [-0.39, 0.29) is 18.2 Å². The largest absolute Gasteiger partial charge is 0.481 e. The van der Waals surface area contributed by atoms with E-state index >= 15 is 4.39 Å². The van der Waals surface area contributed by atoms with E-state index in [1.807, 2.05) is 6.07 Å². The molecule has 2 fully saturated rings. The number of aliphatic carboxylic acids is 1. The van der Waals surface area contributed by atoms with E-state index in [1.54, 1.807) is 36.5 Å². The van der Waals surface area contributed by atoms with Gasteiger partial charge in [0, 0.05) is 60.3 Å². The monoisotopic (exact) mass is 587 g/mol. The van der Waals surface area contributed by atoms with Crippen LogP contribution in [0.15, 0.2) is 42.6 Å². The van der Waals surface area contributed by atoms with Gasteiger partial charge in [-0.25, -0.2) is 14.4 Å². The average Bonchev–Trinajstić information content (AvgIpc) is 2.92. The number of hydrogen-bond acceptors (Lipinski definition) is 7. The first-order chi connectivity index (χ1) is 19.2. The van der Waals surface area contributed by atoms with Crippen LogP contribution in [0.25, 0.3) is 11.3 Å². The zero-order valence-electron chi connectivity index (χ0n) is 22.3. The summed E-state index contributed by atoms with van der Waals surface area (Å²) in [6.07, 6.45) is 3.26. The highest BCUT2D eigenvalue weighted by Crippen LogP contribution is 2.33. The van der Waals surface area contributed by atoms with Gasteiger partial charge in [0.1, 0.15) is 11.6 Å². The summed E-state index contributed by atoms with van der Waals surface area (Å²) in [6, 6.07) is 10.4. The Labute approximate surface area is 243 Å². The summed E-state index contributed by atoms with van der Waals surface area (Å²) in [6.45, 7) is 5.43. The topological polar surface area (TPSA) is 82.0 Å². The Morgan fingerprint density at radius 1 is 1.05 bits per heavy atom. The van der Waals surface area contributed by atoms with Crippen molar-refractivity contribution in [2.75, 3.05) is 51.2 Å². The fourth-order valence-electron chi connectivity index (χ4n) is 5.19. The molecule has 8 nitrogen and oxygen atoms in total. The van der Waals surface area contributed by atoms with E-state index in [2.05, 4.69) is 31.7 Å². The molecule has 0 atom stereocenters. The van der Waals surface area contributed by atoms with Crippen molar-refractivity contribution in [2.45, 2.75) is 25.8 Å². The van der Waals surface area contributed by atoms with Gasteiger partial charge in [0.15, 0.2) is 5.82 Å². The van der Waals surface area contributed by atoms with Gasteiger partial charge in [0.2, 0.25) is 0 Å². The van der Waals surface area contributed by atoms with Crippen molar-refractivity contribution in [3.8, 4) is 22.9 Å². The molecule has 2 aromatic heterocycles. The Hall–Kier alpha value is -2.98. The second-order valence-electron chi connectivity index (χ2n) is 10.5. The molecule has 212 valence electrons. The van der Waals surface area contributed by atoms with E-state index in [9.17, 15) is 4.79 Å². The lowest BCUT2D eigenvalue weighted by molar-refractivity contribution is -0.138. The van der Waals surface area contributed by atoms with Crippen molar-refractivity contribution in [3.05, 3.63) is 64.0 Å². The summed E-state index contributed by atoms with van der Waals surface area (Å²) in [4.78, 5) is 26.8. The van der Waals surface area contributed by atoms with Gasteiger partial charge in [-0.3, -0.25) is 9.69 Å². The number of carboxylic acid groups (broad SMARTS) is 1. The molecule has 1 aromatic carbocycles. The number of aromatic nitrogens is 2. The minimum absolute atomic E-state index is 0.139. The third kappa shape index (κ3) is 7.20. The van der Waals surface area contributed by atoms with E-state index in [0.29, 0.717) is 52.2 Å². The SMILES string of the molecule is CN1CCN(c2ccc(Oc3nc(-c4cc(Cl)cc(Cl)c4)cc(CN4CCC(CC(=O)O)CC4)c3F)cn2)CC1. The number of piperazine rings is 1. The zero-order valence-corrected chi connectivity index (χ0v) is 23.8. The average molecular weight is 589 g/mol. The van der Waals surface area contributed by atoms with Crippen LogP contribution in [0.5, 0.6) is 11.6 Å². The lowest BCUT2D eigenvalue weighted by atomic mass is 9.93. The maximum Gasteiger partial charge on any atom is 0.303 e. The molecule has 2 aliphatic rings. The number of rotatable bonds is 8. The minimum atomic E-state index is -0.781. The summed E-state index contributed by atoms with van der Waals surface area (Å²) in [5.41, 5.74) is 1.56. The highest BCUT2D eigenvalue weighted by atomic mass is 35.5. The number of anilines is 1. The Morgan fingerprint density at radius 3 is 2.38 bits per heavy atom. The number of carbonyl (C=O) groups is 1. The number of nitrogens with zero attached hydrogens (tertiary/aromatic N) is 5. The van der Waals surface area contributed by atoms with Crippen LogP contribution in [0, 0.1) is 11.7 Å². The second kappa shape index (κ2) is 12.7. The van der Waals surface area contributed by atoms with Gasteiger partial charge >= 0.3 is 5.97 Å². The quantitative estimate of drug-likeness (QED) is 0.353. The van der Waals surface area contributed by atoms with Crippen molar-refractivity contribution in [1.29, 1.82) is 0 Å². The molecule has 3 aromatic rings. The number of piperidine rings is 1. The molecule has 0 amide bonds. The van der Waals surface area contributed by atoms with Gasteiger partial charge in [-0.15, -0.1) is 0 Å². The van der Waals surface area contributed by atoms with Crippen LogP contribution in [-0.2, 0) is 11.3 Å². The molecule has 0 aliphatic carbocycles. The maximum atomic E-state index is 15.8. The molecule has 11 heteroatoms. The third-order valence-corrected chi connectivity index (χ3v) is 7.92. The Balaban J connectivity index is 1.39. The highest BCUT2D eigenvalue weighted by Gasteiger charge is 2.24. The molecule has 4 heterocycles. The maximum absolute atomic E-state index is 15.8. The van der Waals surface area contributed by atoms with Gasteiger partial charge in [-0.1, -0.05) is 23.2 Å². The fraction of sp³-hybridized carbons (Fsp3) is 0.414. The minimum Gasteiger partial charge on any atom is -0.481 e. The number of hydrogen-bond donors (Lipinski definition) is 1. The Morgan fingerprint density at radius 2 is 1.75 bits per heavy atom. The van der Waals surface area contributed by atoms with E-state index in [0.717, 1.165) is 44.8 Å². The summed E-state index contributed by atoms with van der Waals surface area (Å²) >= 11 is 12.5. The van der Waals surface area contributed by atoms with Gasteiger partial charge in [0.05, 0.1) is 11.9 Å². The van der Waals surface area contributed by atoms with Crippen LogP contribution in [0.3, 0.4) is 0 Å². The zero-order chi connectivity index (χ0) is 28.2. The number of ether oxygens (including phenoxy) is 1. The van der Waals surface area contributed by atoms with Gasteiger partial charge in [-0.2, -0.15) is 0 Å². The molecule has 5 rings (SSSR count). The predicted octanol–water partition coefficient (Wildman–Crippen LogP) is 5.82. The smallest absolute Gasteiger partial charge is 0.303 e. The molecule has 0 radical (unpaired) electrons. The van der Waals surface area contributed by atoms with Crippen LogP contribution in [-0.4, -0.2) is 77.2 Å². The molecule has 40 heavy (non-hydrogen) atoms. The molecule has 1 N–H and O–H groups in total. The van der Waals surface area contributed by atoms with Crippen LogP contribution < -0.4 is 9.64 Å². The predicted molar refractivity (Wildman–Crippen MR) is 154 cm³/mol. The molecule has 0 bridgehead atoms. The lowest BCUT2D eigenvalue weighted by Crippen LogP contribution is -2.44. The standard InChI is InChI=1S/C29H32Cl2FN5O3/c1-35-8-10-37(11-9-35)26-3-2-24(17-33-26)40-29-28(32)21(18-36-6-4-19(5-7-36)12-27(38)39)15-25(34-29)20-13-22(30)16-23(31)14-20/h2-3,13-17,19H,4-12,18H2,1H3,(H,38,39). The number of pyridine rings is 2. The van der Waals surface area contributed by atoms with Crippen LogP contribution >= 0.6 is 23.2 Å². The van der Waals surface area contributed by atoms with Crippen molar-refractivity contribution in [3.63, 3.8) is 0 Å². The Kier molecular flexibility index (Phi) is 9.05. The summed E-state index contributed by atoms with van der Waals surface area (Å²) < 4.78 is 21.8. The first-order valence-electron chi connectivity index (χ1n) is 13.4. The van der Waals surface area contributed by atoms with Crippen LogP contribution in [0.2, 0.25) is 10.0 Å². The van der Waals surface area contributed by atoms with Crippen LogP contribution in [0.4, 0.5) is 10.2 Å². The molecule has 0 saturated carbocycles. The summed E-state index contributed by atoms with van der Waals surface area (Å²) in [5.74, 6) is -0.114. The van der Waals surface area contributed by atoms with Crippen molar-refractivity contribution < 1.29 is 19.0 Å². The number of benzene rings is 1. The van der Waals surface area contributed by atoms with E-state index < -0.39 is 11.8 Å². The lowest BCUT2D eigenvalue weighted by Gasteiger charge is -2.33. The first-order valence-corrected chi connectivity index (χ1v) is 14.2. The van der Waals surface area contributed by atoms with Gasteiger partial charge < -0.3 is 19.6 Å². The van der Waals surface area contributed by atoms with E-state index in [4.69, 9.17) is 33.0 Å². The molecular weight excluding hydrogens is 556 g/mol. The number of likely N-dealkylation sites (N-methyl/N-ethyl adjacent to an activating group) is 1. The first kappa shape index (κ1) is 28.5. The number of carboxylic acids is 1. The van der Waals surface area contributed by atoms with Crippen molar-refractivity contribution in [2.24, 2.45) is 5.92 Å². The Bertz CT molecular complexity index is 1320. The van der Waals surface area contributed by atoms with Crippen molar-refractivity contribution in [1.82, 2.24) is 19.8 Å². The van der Waals surface area contributed by atoms with Gasteiger partial charge in [-0.05, 0) is 75.3 Å².